The summed E-state index contributed by atoms with van der Waals surface area (Å²) in [6, 6.07) is 15.9. The number of carbonyl (C=O) groups is 1. The standard InChI is InChI=1S/C23H20ClN5O3/c24-17-6-4-16(5-7-17)20-14-19(26-32-20)23(31)28-11-9-27(10-12-28)15-18-13-22(30)29-8-2-1-3-21(29)25-18/h1-8,13-14H,9-12,15H2. The minimum Gasteiger partial charge on any atom is -0.355 e. The lowest BCUT2D eigenvalue weighted by Crippen LogP contribution is -2.48. The van der Waals surface area contributed by atoms with Crippen LogP contribution in [0.4, 0.5) is 0 Å². The van der Waals surface area contributed by atoms with Gasteiger partial charge in [0.1, 0.15) is 5.65 Å². The number of amides is 1. The highest BCUT2D eigenvalue weighted by atomic mass is 35.5. The summed E-state index contributed by atoms with van der Waals surface area (Å²) in [7, 11) is 0. The van der Waals surface area contributed by atoms with Gasteiger partial charge in [-0.3, -0.25) is 18.9 Å². The quantitative estimate of drug-likeness (QED) is 0.476. The Kier molecular flexibility index (Phi) is 5.46. The molecule has 1 saturated heterocycles. The second kappa shape index (κ2) is 8.57. The zero-order valence-electron chi connectivity index (χ0n) is 17.1. The van der Waals surface area contributed by atoms with Crippen LogP contribution in [0.1, 0.15) is 16.2 Å². The number of aromatic nitrogens is 3. The number of pyridine rings is 1. The third-order valence-corrected chi connectivity index (χ3v) is 5.78. The lowest BCUT2D eigenvalue weighted by molar-refractivity contribution is 0.0617. The Labute approximate surface area is 188 Å². The van der Waals surface area contributed by atoms with Gasteiger partial charge in [0.15, 0.2) is 11.5 Å². The van der Waals surface area contributed by atoms with Gasteiger partial charge in [-0.1, -0.05) is 22.8 Å². The molecule has 5 rings (SSSR count). The summed E-state index contributed by atoms with van der Waals surface area (Å²) in [5.74, 6) is 0.369. The van der Waals surface area contributed by atoms with E-state index in [1.807, 2.05) is 24.3 Å². The van der Waals surface area contributed by atoms with E-state index in [9.17, 15) is 9.59 Å². The van der Waals surface area contributed by atoms with Crippen LogP contribution < -0.4 is 5.56 Å². The Morgan fingerprint density at radius 3 is 2.59 bits per heavy atom. The van der Waals surface area contributed by atoms with Crippen molar-refractivity contribution in [1.82, 2.24) is 24.3 Å². The van der Waals surface area contributed by atoms with Crippen LogP contribution in [0.15, 0.2) is 70.1 Å². The number of hydrogen-bond acceptors (Lipinski definition) is 6. The Morgan fingerprint density at radius 2 is 1.81 bits per heavy atom. The molecule has 3 aromatic heterocycles. The van der Waals surface area contributed by atoms with E-state index in [-0.39, 0.29) is 17.2 Å². The minimum absolute atomic E-state index is 0.0954. The van der Waals surface area contributed by atoms with Crippen LogP contribution in [0, 0.1) is 0 Å². The predicted octanol–water partition coefficient (Wildman–Crippen LogP) is 2.96. The fourth-order valence-corrected chi connectivity index (χ4v) is 3.94. The van der Waals surface area contributed by atoms with Gasteiger partial charge in [-0.25, -0.2) is 4.98 Å². The van der Waals surface area contributed by atoms with Gasteiger partial charge in [0, 0.05) is 61.6 Å². The van der Waals surface area contributed by atoms with E-state index in [0.717, 1.165) is 11.3 Å². The van der Waals surface area contributed by atoms with E-state index in [1.165, 1.54) is 4.40 Å². The maximum atomic E-state index is 12.9. The Morgan fingerprint density at radius 1 is 1.03 bits per heavy atom. The molecule has 9 heteroatoms. The lowest BCUT2D eigenvalue weighted by Gasteiger charge is -2.34. The number of carbonyl (C=O) groups excluding carboxylic acids is 1. The Balaban J connectivity index is 1.22. The molecule has 1 aromatic carbocycles. The summed E-state index contributed by atoms with van der Waals surface area (Å²) in [5, 5.41) is 4.59. The molecule has 4 aromatic rings. The smallest absolute Gasteiger partial charge is 0.276 e. The van der Waals surface area contributed by atoms with E-state index < -0.39 is 0 Å². The molecule has 8 nitrogen and oxygen atoms in total. The van der Waals surface area contributed by atoms with Crippen molar-refractivity contribution >= 4 is 23.2 Å². The highest BCUT2D eigenvalue weighted by Crippen LogP contribution is 2.23. The average molecular weight is 450 g/mol. The highest BCUT2D eigenvalue weighted by Gasteiger charge is 2.25. The summed E-state index contributed by atoms with van der Waals surface area (Å²) >= 11 is 5.92. The van der Waals surface area contributed by atoms with Crippen LogP contribution in [0.5, 0.6) is 0 Å². The number of hydrogen-bond donors (Lipinski definition) is 0. The van der Waals surface area contributed by atoms with E-state index in [0.29, 0.717) is 49.2 Å². The molecule has 0 saturated carbocycles. The van der Waals surface area contributed by atoms with Crippen LogP contribution in [0.25, 0.3) is 17.0 Å². The molecule has 0 atom stereocenters. The van der Waals surface area contributed by atoms with Gasteiger partial charge in [-0.15, -0.1) is 0 Å². The van der Waals surface area contributed by atoms with Gasteiger partial charge < -0.3 is 9.42 Å². The van der Waals surface area contributed by atoms with Crippen molar-refractivity contribution in [2.45, 2.75) is 6.54 Å². The first-order valence-corrected chi connectivity index (χ1v) is 10.7. The van der Waals surface area contributed by atoms with E-state index in [1.54, 1.807) is 41.4 Å². The zero-order chi connectivity index (χ0) is 22.1. The largest absolute Gasteiger partial charge is 0.355 e. The van der Waals surface area contributed by atoms with Crippen molar-refractivity contribution < 1.29 is 9.32 Å². The van der Waals surface area contributed by atoms with E-state index in [2.05, 4.69) is 15.0 Å². The molecule has 1 fully saturated rings. The number of piperazine rings is 1. The van der Waals surface area contributed by atoms with Gasteiger partial charge in [-0.05, 0) is 36.4 Å². The first-order valence-electron chi connectivity index (χ1n) is 10.3. The topological polar surface area (TPSA) is 84.0 Å². The number of benzene rings is 1. The second-order valence-corrected chi connectivity index (χ2v) is 8.10. The molecule has 0 spiro atoms. The molecule has 0 bridgehead atoms. The monoisotopic (exact) mass is 449 g/mol. The zero-order valence-corrected chi connectivity index (χ0v) is 17.9. The molecule has 32 heavy (non-hydrogen) atoms. The molecule has 0 radical (unpaired) electrons. The van der Waals surface area contributed by atoms with Gasteiger partial charge in [-0.2, -0.15) is 0 Å². The maximum absolute atomic E-state index is 12.9. The summed E-state index contributed by atoms with van der Waals surface area (Å²) in [6.07, 6.45) is 1.71. The highest BCUT2D eigenvalue weighted by molar-refractivity contribution is 6.30. The first-order chi connectivity index (χ1) is 15.6. The minimum atomic E-state index is -0.157. The van der Waals surface area contributed by atoms with Gasteiger partial charge in [0.05, 0.1) is 5.69 Å². The van der Waals surface area contributed by atoms with Crippen molar-refractivity contribution in [1.29, 1.82) is 0 Å². The van der Waals surface area contributed by atoms with Crippen molar-refractivity contribution in [3.05, 3.63) is 87.6 Å². The third kappa shape index (κ3) is 4.15. The van der Waals surface area contributed by atoms with Gasteiger partial charge in [0.25, 0.3) is 11.5 Å². The molecule has 1 aliphatic rings. The Bertz CT molecular complexity index is 1320. The molecule has 1 aliphatic heterocycles. The van der Waals surface area contributed by atoms with Crippen LogP contribution in [-0.4, -0.2) is 56.4 Å². The van der Waals surface area contributed by atoms with Crippen LogP contribution in [0.3, 0.4) is 0 Å². The van der Waals surface area contributed by atoms with Crippen molar-refractivity contribution in [2.75, 3.05) is 26.2 Å². The van der Waals surface area contributed by atoms with Gasteiger partial charge in [0.2, 0.25) is 0 Å². The van der Waals surface area contributed by atoms with Crippen molar-refractivity contribution in [2.24, 2.45) is 0 Å². The fourth-order valence-electron chi connectivity index (χ4n) is 3.81. The summed E-state index contributed by atoms with van der Waals surface area (Å²) in [4.78, 5) is 33.7. The number of fused-ring (bicyclic) bond motifs is 1. The van der Waals surface area contributed by atoms with E-state index in [4.69, 9.17) is 16.1 Å². The first kappa shape index (κ1) is 20.4. The summed E-state index contributed by atoms with van der Waals surface area (Å²) in [5.41, 5.74) is 2.36. The summed E-state index contributed by atoms with van der Waals surface area (Å²) in [6.45, 7) is 3.06. The van der Waals surface area contributed by atoms with Crippen LogP contribution in [0.2, 0.25) is 5.02 Å². The molecule has 0 N–H and O–H groups in total. The van der Waals surface area contributed by atoms with Crippen LogP contribution >= 0.6 is 11.6 Å². The van der Waals surface area contributed by atoms with Gasteiger partial charge >= 0.3 is 0 Å². The SMILES string of the molecule is O=C(c1cc(-c2ccc(Cl)cc2)on1)N1CCN(Cc2cc(=O)n3ccccc3n2)CC1. The number of rotatable bonds is 4. The number of nitrogens with zero attached hydrogens (tertiary/aromatic N) is 5. The normalized spacial score (nSPS) is 14.7. The molecule has 4 heterocycles. The fraction of sp³-hybridized carbons (Fsp3) is 0.217. The summed E-state index contributed by atoms with van der Waals surface area (Å²) < 4.78 is 6.88. The van der Waals surface area contributed by atoms with Crippen molar-refractivity contribution in [3.8, 4) is 11.3 Å². The van der Waals surface area contributed by atoms with Crippen LogP contribution in [-0.2, 0) is 6.54 Å². The Hall–Kier alpha value is -3.49. The molecular weight excluding hydrogens is 430 g/mol. The average Bonchev–Trinajstić information content (AvgIpc) is 3.30. The number of halogens is 1. The molecule has 0 aliphatic carbocycles. The third-order valence-electron chi connectivity index (χ3n) is 5.53. The second-order valence-electron chi connectivity index (χ2n) is 7.67. The van der Waals surface area contributed by atoms with Crippen molar-refractivity contribution in [3.63, 3.8) is 0 Å². The molecule has 162 valence electrons. The predicted molar refractivity (Wildman–Crippen MR) is 120 cm³/mol. The maximum Gasteiger partial charge on any atom is 0.276 e. The lowest BCUT2D eigenvalue weighted by atomic mass is 10.1. The molecule has 0 unspecified atom stereocenters. The van der Waals surface area contributed by atoms with E-state index >= 15 is 0 Å². The molecular formula is C23H20ClN5O3. The molecule has 1 amide bonds.